The monoisotopic (exact) mass is 699 g/mol. The SMILES string of the molecule is CCOc1cc(-c2cc(N(C)CC(C)(C)COC)c3[nH]c(-c4cnc(N5C[C@@H](C)N(CCC(=O)O)[C@@H](C)C5)cn4)nc3n2)cc(C(F)(F)F)n1. The number of ether oxygens (including phenoxy) is 2. The lowest BCUT2D eigenvalue weighted by molar-refractivity contribution is -0.141. The fourth-order valence-electron chi connectivity index (χ4n) is 6.54. The van der Waals surface area contributed by atoms with Gasteiger partial charge < -0.3 is 29.4 Å². The molecule has 0 aromatic carbocycles. The van der Waals surface area contributed by atoms with Crippen molar-refractivity contribution in [1.29, 1.82) is 0 Å². The highest BCUT2D eigenvalue weighted by molar-refractivity contribution is 5.91. The van der Waals surface area contributed by atoms with E-state index in [0.29, 0.717) is 67.0 Å². The lowest BCUT2D eigenvalue weighted by Gasteiger charge is -2.44. The molecule has 1 saturated heterocycles. The molecule has 0 saturated carbocycles. The van der Waals surface area contributed by atoms with Crippen LogP contribution < -0.4 is 14.5 Å². The first-order valence-electron chi connectivity index (χ1n) is 16.5. The van der Waals surface area contributed by atoms with Gasteiger partial charge in [-0.1, -0.05) is 13.8 Å². The lowest BCUT2D eigenvalue weighted by Crippen LogP contribution is -2.57. The summed E-state index contributed by atoms with van der Waals surface area (Å²) in [6.07, 6.45) is -1.30. The number of piperazine rings is 1. The van der Waals surface area contributed by atoms with E-state index in [1.54, 1.807) is 32.5 Å². The van der Waals surface area contributed by atoms with Crippen LogP contribution in [0.3, 0.4) is 0 Å². The third-order valence-electron chi connectivity index (χ3n) is 8.62. The maximum absolute atomic E-state index is 13.9. The van der Waals surface area contributed by atoms with Crippen molar-refractivity contribution in [1.82, 2.24) is 34.8 Å². The minimum Gasteiger partial charge on any atom is -0.481 e. The van der Waals surface area contributed by atoms with Crippen LogP contribution in [0.5, 0.6) is 5.88 Å². The van der Waals surface area contributed by atoms with E-state index in [0.717, 1.165) is 6.07 Å². The van der Waals surface area contributed by atoms with Crippen molar-refractivity contribution in [2.45, 2.75) is 59.3 Å². The van der Waals surface area contributed by atoms with Crippen molar-refractivity contribution in [3.05, 3.63) is 36.3 Å². The van der Waals surface area contributed by atoms with E-state index in [4.69, 9.17) is 24.5 Å². The zero-order chi connectivity index (χ0) is 36.4. The third kappa shape index (κ3) is 8.41. The second kappa shape index (κ2) is 14.7. The number of methoxy groups -OCH3 is 1. The Morgan fingerprint density at radius 1 is 1.06 bits per heavy atom. The number of H-pyrrole nitrogens is 1. The van der Waals surface area contributed by atoms with Crippen LogP contribution in [0.25, 0.3) is 33.9 Å². The molecule has 1 aliphatic heterocycles. The standard InChI is InChI=1S/C34H44F3N9O4/c1-8-50-28-12-22(11-26(41-28)34(35,36)37)23-13-25(44(6)18-33(4,5)19-49-7)30-32(40-23)43-31(42-30)24-14-39-27(15-38-24)45-16-20(2)46(21(3)17-45)10-9-29(47)48/h11-15,20-21H,8-10,16-19H2,1-7H3,(H,47,48)(H,40,42,43)/t20-,21+. The molecule has 0 radical (unpaired) electrons. The summed E-state index contributed by atoms with van der Waals surface area (Å²) in [6, 6.07) is 4.37. The number of aliphatic carboxylic acids is 1. The molecule has 5 rings (SSSR count). The topological polar surface area (TPSA) is 146 Å². The van der Waals surface area contributed by atoms with Crippen LogP contribution in [0.1, 0.15) is 46.7 Å². The summed E-state index contributed by atoms with van der Waals surface area (Å²) >= 11 is 0. The fourth-order valence-corrected chi connectivity index (χ4v) is 6.54. The molecule has 0 amide bonds. The van der Waals surface area contributed by atoms with E-state index in [9.17, 15) is 18.0 Å². The molecule has 2 atom stereocenters. The van der Waals surface area contributed by atoms with E-state index >= 15 is 0 Å². The molecule has 1 aliphatic rings. The average Bonchev–Trinajstić information content (AvgIpc) is 3.47. The Hall–Kier alpha value is -4.57. The number of hydrogen-bond acceptors (Lipinski definition) is 11. The zero-order valence-electron chi connectivity index (χ0n) is 29.4. The number of carboxylic acids is 1. The zero-order valence-corrected chi connectivity index (χ0v) is 29.4. The number of nitrogens with zero attached hydrogens (tertiary/aromatic N) is 8. The van der Waals surface area contributed by atoms with Crippen molar-refractivity contribution in [3.8, 4) is 28.7 Å². The summed E-state index contributed by atoms with van der Waals surface area (Å²) in [7, 11) is 3.53. The molecule has 2 N–H and O–H groups in total. The highest BCUT2D eigenvalue weighted by Gasteiger charge is 2.34. The number of anilines is 2. The summed E-state index contributed by atoms with van der Waals surface area (Å²) in [6.45, 7) is 12.9. The van der Waals surface area contributed by atoms with Gasteiger partial charge in [-0.05, 0) is 32.9 Å². The molecule has 270 valence electrons. The molecule has 5 heterocycles. The van der Waals surface area contributed by atoms with Gasteiger partial charge in [0.2, 0.25) is 5.88 Å². The summed E-state index contributed by atoms with van der Waals surface area (Å²) in [5, 5.41) is 9.13. The third-order valence-corrected chi connectivity index (χ3v) is 8.62. The van der Waals surface area contributed by atoms with Crippen LogP contribution in [0.15, 0.2) is 30.6 Å². The number of fused-ring (bicyclic) bond motifs is 1. The van der Waals surface area contributed by atoms with Gasteiger partial charge in [-0.2, -0.15) is 13.2 Å². The van der Waals surface area contributed by atoms with E-state index in [2.05, 4.69) is 57.4 Å². The van der Waals surface area contributed by atoms with Gasteiger partial charge >= 0.3 is 12.1 Å². The summed E-state index contributed by atoms with van der Waals surface area (Å²) in [5.74, 6) is 0.114. The minimum absolute atomic E-state index is 0.0882. The molecule has 0 spiro atoms. The van der Waals surface area contributed by atoms with Crippen LogP contribution in [-0.4, -0.2) is 112 Å². The lowest BCUT2D eigenvalue weighted by atomic mass is 9.94. The molecule has 4 aromatic rings. The van der Waals surface area contributed by atoms with Gasteiger partial charge in [0.25, 0.3) is 0 Å². The number of imidazole rings is 1. The summed E-state index contributed by atoms with van der Waals surface area (Å²) < 4.78 is 52.4. The summed E-state index contributed by atoms with van der Waals surface area (Å²) in [4.78, 5) is 43.2. The molecule has 0 bridgehead atoms. The number of pyridine rings is 2. The number of aromatic amines is 1. The first kappa shape index (κ1) is 36.7. The molecule has 0 aliphatic carbocycles. The number of nitrogens with one attached hydrogen (secondary N) is 1. The molecule has 13 nitrogen and oxygen atoms in total. The molecule has 16 heteroatoms. The Morgan fingerprint density at radius 2 is 1.78 bits per heavy atom. The number of halogens is 3. The maximum atomic E-state index is 13.9. The Kier molecular flexibility index (Phi) is 10.8. The number of alkyl halides is 3. The molecular formula is C34H44F3N9O4. The number of rotatable bonds is 13. The smallest absolute Gasteiger partial charge is 0.433 e. The van der Waals surface area contributed by atoms with Crippen LogP contribution in [0.2, 0.25) is 0 Å². The van der Waals surface area contributed by atoms with Gasteiger partial charge in [0.1, 0.15) is 22.7 Å². The summed E-state index contributed by atoms with van der Waals surface area (Å²) in [5.41, 5.74) is 1.11. The van der Waals surface area contributed by atoms with Gasteiger partial charge in [0.15, 0.2) is 11.5 Å². The van der Waals surface area contributed by atoms with E-state index < -0.39 is 17.8 Å². The molecule has 0 unspecified atom stereocenters. The predicted octanol–water partition coefficient (Wildman–Crippen LogP) is 5.38. The maximum Gasteiger partial charge on any atom is 0.433 e. The van der Waals surface area contributed by atoms with Gasteiger partial charge in [-0.15, -0.1) is 0 Å². The van der Waals surface area contributed by atoms with Crippen LogP contribution in [0, 0.1) is 5.41 Å². The first-order valence-corrected chi connectivity index (χ1v) is 16.5. The normalized spacial score (nSPS) is 17.4. The Morgan fingerprint density at radius 3 is 2.38 bits per heavy atom. The number of aromatic nitrogens is 6. The van der Waals surface area contributed by atoms with E-state index in [-0.39, 0.29) is 47.7 Å². The highest BCUT2D eigenvalue weighted by atomic mass is 19.4. The molecular weight excluding hydrogens is 655 g/mol. The van der Waals surface area contributed by atoms with Crippen molar-refractivity contribution in [2.24, 2.45) is 5.41 Å². The van der Waals surface area contributed by atoms with E-state index in [1.807, 2.05) is 11.9 Å². The van der Waals surface area contributed by atoms with Crippen molar-refractivity contribution in [3.63, 3.8) is 0 Å². The largest absolute Gasteiger partial charge is 0.481 e. The van der Waals surface area contributed by atoms with Crippen LogP contribution in [-0.2, 0) is 15.7 Å². The molecule has 4 aromatic heterocycles. The minimum atomic E-state index is -4.69. The van der Waals surface area contributed by atoms with E-state index in [1.165, 1.54) is 6.07 Å². The Balaban J connectivity index is 1.51. The Labute approximate surface area is 288 Å². The number of hydrogen-bond donors (Lipinski definition) is 2. The second-order valence-corrected chi connectivity index (χ2v) is 13.5. The van der Waals surface area contributed by atoms with Crippen molar-refractivity contribution >= 4 is 28.6 Å². The Bertz CT molecular complexity index is 1790. The quantitative estimate of drug-likeness (QED) is 0.185. The fraction of sp³-hybridized carbons (Fsp3) is 0.529. The van der Waals surface area contributed by atoms with Crippen molar-refractivity contribution in [2.75, 3.05) is 63.4 Å². The first-order chi connectivity index (χ1) is 23.6. The van der Waals surface area contributed by atoms with Gasteiger partial charge in [-0.3, -0.25) is 9.69 Å². The van der Waals surface area contributed by atoms with Crippen molar-refractivity contribution < 1.29 is 32.5 Å². The van der Waals surface area contributed by atoms with Gasteiger partial charge in [0, 0.05) is 69.5 Å². The van der Waals surface area contributed by atoms with Gasteiger partial charge in [0.05, 0.1) is 43.4 Å². The average molecular weight is 700 g/mol. The highest BCUT2D eigenvalue weighted by Crippen LogP contribution is 2.36. The number of carbonyl (C=O) groups is 1. The molecule has 50 heavy (non-hydrogen) atoms. The number of carboxylic acid groups (broad SMARTS) is 1. The van der Waals surface area contributed by atoms with Gasteiger partial charge in [-0.25, -0.2) is 24.9 Å². The predicted molar refractivity (Wildman–Crippen MR) is 183 cm³/mol. The van der Waals surface area contributed by atoms with Crippen LogP contribution in [0.4, 0.5) is 24.7 Å². The van der Waals surface area contributed by atoms with Crippen LogP contribution >= 0.6 is 0 Å². The molecule has 1 fully saturated rings. The second-order valence-electron chi connectivity index (χ2n) is 13.5.